The summed E-state index contributed by atoms with van der Waals surface area (Å²) in [4.78, 5) is 79.3. The van der Waals surface area contributed by atoms with Crippen LogP contribution in [0.15, 0.2) is 41.9 Å². The van der Waals surface area contributed by atoms with E-state index in [1.807, 2.05) is 0 Å². The normalized spacial score (nSPS) is 19.8. The number of aliphatic hydroxyl groups is 1. The Labute approximate surface area is 271 Å². The molecular weight excluding hydrogens is 606 g/mol. The van der Waals surface area contributed by atoms with Crippen LogP contribution in [-0.2, 0) is 24.8 Å². The molecule has 1 aliphatic carbocycles. The first-order valence-corrected chi connectivity index (χ1v) is 15.7. The molecule has 0 bridgehead atoms. The minimum atomic E-state index is -1.33. The van der Waals surface area contributed by atoms with Crippen LogP contribution in [0.4, 0.5) is 0 Å². The zero-order valence-corrected chi connectivity index (χ0v) is 26.6. The summed E-state index contributed by atoms with van der Waals surface area (Å²) in [5, 5.41) is 22.0. The van der Waals surface area contributed by atoms with E-state index in [2.05, 4.69) is 30.6 Å². The predicted molar refractivity (Wildman–Crippen MR) is 169 cm³/mol. The lowest BCUT2D eigenvalue weighted by molar-refractivity contribution is -0.139. The third kappa shape index (κ3) is 7.56. The highest BCUT2D eigenvalue weighted by molar-refractivity contribution is 6.41. The summed E-state index contributed by atoms with van der Waals surface area (Å²) in [6, 6.07) is 0.407. The summed E-state index contributed by atoms with van der Waals surface area (Å²) in [5.74, 6) is -4.01. The Hall–Kier alpha value is -4.92. The van der Waals surface area contributed by atoms with Gasteiger partial charge >= 0.3 is 0 Å². The predicted octanol–water partition coefficient (Wildman–Crippen LogP) is 1.40. The van der Waals surface area contributed by atoms with Crippen molar-refractivity contribution in [2.24, 2.45) is 16.6 Å². The lowest BCUT2D eigenvalue weighted by atomic mass is 9.85. The number of fused-ring (bicyclic) bond motifs is 1. The minimum Gasteiger partial charge on any atom is -0.384 e. The van der Waals surface area contributed by atoms with Crippen molar-refractivity contribution in [1.82, 2.24) is 35.2 Å². The van der Waals surface area contributed by atoms with Gasteiger partial charge in [-0.25, -0.2) is 9.67 Å². The second kappa shape index (κ2) is 13.8. The highest BCUT2D eigenvalue weighted by atomic mass is 16.3. The van der Waals surface area contributed by atoms with Gasteiger partial charge in [0.2, 0.25) is 11.7 Å². The number of nitrogens with one attached hydrogen (secondary N) is 1. The molecule has 5 rings (SSSR count). The Balaban J connectivity index is 1.50. The molecule has 1 saturated heterocycles. The lowest BCUT2D eigenvalue weighted by Crippen LogP contribution is -2.52. The molecule has 248 valence electrons. The maximum atomic E-state index is 14.4. The number of aromatic nitrogens is 5. The number of hydrogen-bond donors (Lipinski definition) is 3. The van der Waals surface area contributed by atoms with Gasteiger partial charge in [0, 0.05) is 30.7 Å². The molecule has 15 heteroatoms. The molecule has 1 saturated carbocycles. The monoisotopic (exact) mass is 645 g/mol. The van der Waals surface area contributed by atoms with Crippen molar-refractivity contribution in [1.29, 1.82) is 0 Å². The number of Topliss-reactive ketones (excluding diaryl/α,β-unsaturated/α-hetero) is 1. The molecule has 47 heavy (non-hydrogen) atoms. The fraction of sp³-hybridized carbons (Fsp3) is 0.500. The average molecular weight is 646 g/mol. The van der Waals surface area contributed by atoms with Gasteiger partial charge in [-0.05, 0) is 45.2 Å². The van der Waals surface area contributed by atoms with Crippen molar-refractivity contribution >= 4 is 46.0 Å². The number of likely N-dealkylation sites (tertiary alicyclic amines) is 1. The van der Waals surface area contributed by atoms with E-state index in [4.69, 9.17) is 5.73 Å². The Morgan fingerprint density at radius 1 is 1.13 bits per heavy atom. The van der Waals surface area contributed by atoms with E-state index in [0.717, 1.165) is 32.1 Å². The number of amides is 4. The molecule has 0 spiro atoms. The van der Waals surface area contributed by atoms with Crippen LogP contribution in [0.3, 0.4) is 0 Å². The Morgan fingerprint density at radius 3 is 2.57 bits per heavy atom. The highest BCUT2D eigenvalue weighted by Gasteiger charge is 2.44. The van der Waals surface area contributed by atoms with Crippen molar-refractivity contribution in [3.8, 4) is 0 Å². The first-order chi connectivity index (χ1) is 22.3. The number of aliphatic imine (C=N–C) groups is 1. The first kappa shape index (κ1) is 33.4. The van der Waals surface area contributed by atoms with Gasteiger partial charge in [-0.1, -0.05) is 37.3 Å². The standard InChI is InChI=1S/C32H39N9O6/c1-18(27(42)28(33)43)37-30(45)25-13-22(41-26(16-36-39-41)32(2,3)47)17-40(25)31(46)23(11-19-7-5-4-6-8-19)38-29(44)21-12-20-9-10-34-15-24(20)35-14-21/h9-10,12,14-16,18-19,22,25,47H,4-8,11,13,17H2,1-3H3,(H2,33,43)(H,37,45)/b38-23+/t18?,22-,25-/m0/s1. The summed E-state index contributed by atoms with van der Waals surface area (Å²) in [6.45, 7) is 4.44. The van der Waals surface area contributed by atoms with Crippen molar-refractivity contribution in [3.05, 3.63) is 48.2 Å². The number of pyridine rings is 2. The number of rotatable bonds is 10. The van der Waals surface area contributed by atoms with E-state index in [0.29, 0.717) is 16.6 Å². The maximum absolute atomic E-state index is 14.4. The number of hydrogen-bond acceptors (Lipinski definition) is 10. The molecular formula is C32H39N9O6. The molecule has 4 N–H and O–H groups in total. The topological polar surface area (TPSA) is 216 Å². The lowest BCUT2D eigenvalue weighted by Gasteiger charge is -2.27. The molecule has 4 amide bonds. The summed E-state index contributed by atoms with van der Waals surface area (Å²) in [6.07, 6.45) is 11.1. The second-order valence-electron chi connectivity index (χ2n) is 12.8. The third-order valence-electron chi connectivity index (χ3n) is 8.81. The third-order valence-corrected chi connectivity index (χ3v) is 8.81. The number of nitrogens with zero attached hydrogens (tertiary/aromatic N) is 7. The summed E-state index contributed by atoms with van der Waals surface area (Å²) in [7, 11) is 0. The van der Waals surface area contributed by atoms with Crippen LogP contribution in [0.5, 0.6) is 0 Å². The summed E-state index contributed by atoms with van der Waals surface area (Å²) >= 11 is 0. The fourth-order valence-electron chi connectivity index (χ4n) is 6.29. The fourth-order valence-corrected chi connectivity index (χ4v) is 6.29. The zero-order chi connectivity index (χ0) is 33.9. The molecule has 2 fully saturated rings. The van der Waals surface area contributed by atoms with Gasteiger partial charge in [0.15, 0.2) is 0 Å². The molecule has 4 heterocycles. The Morgan fingerprint density at radius 2 is 1.87 bits per heavy atom. The number of ketones is 1. The van der Waals surface area contributed by atoms with Gasteiger partial charge in [-0.2, -0.15) is 0 Å². The molecule has 3 atom stereocenters. The average Bonchev–Trinajstić information content (AvgIpc) is 3.72. The first-order valence-electron chi connectivity index (χ1n) is 15.7. The highest BCUT2D eigenvalue weighted by Crippen LogP contribution is 2.33. The largest absolute Gasteiger partial charge is 0.384 e. The van der Waals surface area contributed by atoms with Gasteiger partial charge in [-0.3, -0.25) is 33.9 Å². The zero-order valence-electron chi connectivity index (χ0n) is 26.6. The molecule has 15 nitrogen and oxygen atoms in total. The van der Waals surface area contributed by atoms with Gasteiger partial charge in [0.25, 0.3) is 17.7 Å². The Bertz CT molecular complexity index is 1720. The summed E-state index contributed by atoms with van der Waals surface area (Å²) < 4.78 is 1.48. The number of carbonyl (C=O) groups excluding carboxylic acids is 5. The van der Waals surface area contributed by atoms with E-state index >= 15 is 0 Å². The van der Waals surface area contributed by atoms with Crippen LogP contribution in [0.25, 0.3) is 10.9 Å². The quantitative estimate of drug-likeness (QED) is 0.213. The molecule has 0 radical (unpaired) electrons. The number of carbonyl (C=O) groups is 5. The van der Waals surface area contributed by atoms with Crippen LogP contribution in [0, 0.1) is 5.92 Å². The van der Waals surface area contributed by atoms with E-state index in [9.17, 15) is 29.1 Å². The van der Waals surface area contributed by atoms with Gasteiger partial charge in [0.1, 0.15) is 17.4 Å². The van der Waals surface area contributed by atoms with E-state index in [1.165, 1.54) is 28.9 Å². The van der Waals surface area contributed by atoms with E-state index in [-0.39, 0.29) is 36.6 Å². The number of nitrogens with two attached hydrogens (primary N) is 1. The van der Waals surface area contributed by atoms with Crippen LogP contribution in [0.1, 0.15) is 87.8 Å². The van der Waals surface area contributed by atoms with Crippen molar-refractivity contribution in [2.75, 3.05) is 6.54 Å². The molecule has 3 aromatic rings. The van der Waals surface area contributed by atoms with Crippen molar-refractivity contribution in [3.63, 3.8) is 0 Å². The molecule has 0 aromatic carbocycles. The smallest absolute Gasteiger partial charge is 0.287 e. The maximum Gasteiger partial charge on any atom is 0.287 e. The van der Waals surface area contributed by atoms with Gasteiger partial charge in [0.05, 0.1) is 41.3 Å². The van der Waals surface area contributed by atoms with Crippen LogP contribution >= 0.6 is 0 Å². The van der Waals surface area contributed by atoms with Crippen LogP contribution in [0.2, 0.25) is 0 Å². The van der Waals surface area contributed by atoms with Crippen molar-refractivity contribution < 1.29 is 29.1 Å². The van der Waals surface area contributed by atoms with Crippen molar-refractivity contribution in [2.45, 2.75) is 89.4 Å². The van der Waals surface area contributed by atoms with Crippen LogP contribution in [-0.4, -0.2) is 88.7 Å². The minimum absolute atomic E-state index is 0.0118. The second-order valence-corrected chi connectivity index (χ2v) is 12.8. The van der Waals surface area contributed by atoms with Gasteiger partial charge < -0.3 is 21.1 Å². The van der Waals surface area contributed by atoms with Crippen LogP contribution < -0.4 is 11.1 Å². The molecule has 1 unspecified atom stereocenters. The molecule has 1 aliphatic heterocycles. The van der Waals surface area contributed by atoms with E-state index < -0.39 is 53.1 Å². The van der Waals surface area contributed by atoms with E-state index in [1.54, 1.807) is 38.4 Å². The number of primary amides is 1. The molecule has 3 aromatic heterocycles. The molecule has 2 aliphatic rings. The summed E-state index contributed by atoms with van der Waals surface area (Å²) in [5.41, 5.74) is 4.99. The Kier molecular flexibility index (Phi) is 9.84. The van der Waals surface area contributed by atoms with Gasteiger partial charge in [-0.15, -0.1) is 5.10 Å². The SMILES string of the molecule is CC(NC(=O)[C@@H]1C[C@H](n2nncc2C(C)(C)O)CN1C(=O)/C(CC1CCCCC1)=N/C(=O)c1cnc2cnccc2c1)C(=O)C(N)=O.